The summed E-state index contributed by atoms with van der Waals surface area (Å²) in [6, 6.07) is 0. The van der Waals surface area contributed by atoms with Crippen LogP contribution in [0, 0.1) is 5.92 Å². The molecule has 0 heterocycles. The van der Waals surface area contributed by atoms with Crippen molar-refractivity contribution in [1.29, 1.82) is 0 Å². The number of hydrogen-bond acceptors (Lipinski definition) is 1. The van der Waals surface area contributed by atoms with Crippen LogP contribution in [0.15, 0.2) is 0 Å². The smallest absolute Gasteiger partial charge is 0.00494 e. The van der Waals surface area contributed by atoms with E-state index in [4.69, 9.17) is 0 Å². The van der Waals surface area contributed by atoms with Crippen LogP contribution in [-0.4, -0.2) is 13.6 Å². The van der Waals surface area contributed by atoms with Crippen molar-refractivity contribution in [3.8, 4) is 0 Å². The highest BCUT2D eigenvalue weighted by Gasteiger charge is 1.99. The summed E-state index contributed by atoms with van der Waals surface area (Å²) in [5.74, 6) is 0.911. The largest absolute Gasteiger partial charge is 0.320 e. The summed E-state index contributed by atoms with van der Waals surface area (Å²) in [4.78, 5) is 0. The molecule has 1 N–H and O–H groups in total. The molecule has 74 valence electrons. The third-order valence-electron chi connectivity index (χ3n) is 2.44. The molecule has 0 aromatic heterocycles. The molecule has 0 aliphatic heterocycles. The lowest BCUT2D eigenvalue weighted by atomic mass is 9.99. The summed E-state index contributed by atoms with van der Waals surface area (Å²) in [7, 11) is 2.03. The van der Waals surface area contributed by atoms with Crippen molar-refractivity contribution in [3.63, 3.8) is 0 Å². The lowest BCUT2D eigenvalue weighted by Gasteiger charge is -2.09. The number of rotatable bonds is 8. The Kier molecular flexibility index (Phi) is 9.02. The second kappa shape index (κ2) is 9.05. The van der Waals surface area contributed by atoms with E-state index in [2.05, 4.69) is 19.2 Å². The average molecular weight is 171 g/mol. The molecule has 0 aliphatic carbocycles. The fourth-order valence-electron chi connectivity index (χ4n) is 1.45. The van der Waals surface area contributed by atoms with Crippen LogP contribution in [0.25, 0.3) is 0 Å². The van der Waals surface area contributed by atoms with E-state index >= 15 is 0 Å². The Morgan fingerprint density at radius 2 is 1.83 bits per heavy atom. The van der Waals surface area contributed by atoms with Gasteiger partial charge in [0.05, 0.1) is 0 Å². The van der Waals surface area contributed by atoms with Gasteiger partial charge in [0.1, 0.15) is 0 Å². The van der Waals surface area contributed by atoms with Crippen LogP contribution >= 0.6 is 0 Å². The molecule has 0 aromatic carbocycles. The standard InChI is InChI=1S/C11H25N/c1-4-5-6-7-8-11(2)9-10-12-3/h11-12H,4-10H2,1-3H3/t11-/m1/s1. The van der Waals surface area contributed by atoms with Gasteiger partial charge in [0.25, 0.3) is 0 Å². The zero-order chi connectivity index (χ0) is 9.23. The minimum absolute atomic E-state index is 0.911. The van der Waals surface area contributed by atoms with Gasteiger partial charge in [0.15, 0.2) is 0 Å². The minimum Gasteiger partial charge on any atom is -0.320 e. The first-order valence-electron chi connectivity index (χ1n) is 5.45. The lowest BCUT2D eigenvalue weighted by molar-refractivity contribution is 0.453. The fourth-order valence-corrected chi connectivity index (χ4v) is 1.45. The molecule has 0 saturated heterocycles. The van der Waals surface area contributed by atoms with Crippen LogP contribution in [0.4, 0.5) is 0 Å². The van der Waals surface area contributed by atoms with E-state index in [9.17, 15) is 0 Å². The summed E-state index contributed by atoms with van der Waals surface area (Å²) in [6.07, 6.45) is 8.38. The molecule has 1 atom stereocenters. The summed E-state index contributed by atoms with van der Waals surface area (Å²) in [6.45, 7) is 5.81. The highest BCUT2D eigenvalue weighted by atomic mass is 14.8. The SMILES string of the molecule is CCCCCC[C@@H](C)CCNC. The van der Waals surface area contributed by atoms with E-state index in [0.29, 0.717) is 0 Å². The van der Waals surface area contributed by atoms with Crippen molar-refractivity contribution in [2.75, 3.05) is 13.6 Å². The number of hydrogen-bond donors (Lipinski definition) is 1. The average Bonchev–Trinajstić information content (AvgIpc) is 2.09. The van der Waals surface area contributed by atoms with E-state index in [1.54, 1.807) is 0 Å². The summed E-state index contributed by atoms with van der Waals surface area (Å²) < 4.78 is 0. The highest BCUT2D eigenvalue weighted by molar-refractivity contribution is 4.55. The van der Waals surface area contributed by atoms with Gasteiger partial charge in [-0.2, -0.15) is 0 Å². The third-order valence-corrected chi connectivity index (χ3v) is 2.44. The van der Waals surface area contributed by atoms with Crippen LogP contribution < -0.4 is 5.32 Å². The molecule has 0 rings (SSSR count). The van der Waals surface area contributed by atoms with Gasteiger partial charge >= 0.3 is 0 Å². The molecule has 12 heavy (non-hydrogen) atoms. The maximum Gasteiger partial charge on any atom is -0.00494 e. The Hall–Kier alpha value is -0.0400. The zero-order valence-corrected chi connectivity index (χ0v) is 9.03. The molecule has 0 saturated carbocycles. The van der Waals surface area contributed by atoms with Crippen LogP contribution in [0.2, 0.25) is 0 Å². The fraction of sp³-hybridized carbons (Fsp3) is 1.00. The normalized spacial score (nSPS) is 13.2. The molecular weight excluding hydrogens is 146 g/mol. The van der Waals surface area contributed by atoms with Gasteiger partial charge in [-0.1, -0.05) is 46.0 Å². The quantitative estimate of drug-likeness (QED) is 0.553. The molecule has 0 aromatic rings. The number of nitrogens with one attached hydrogen (secondary N) is 1. The highest BCUT2D eigenvalue weighted by Crippen LogP contribution is 2.12. The Morgan fingerprint density at radius 1 is 1.08 bits per heavy atom. The van der Waals surface area contributed by atoms with E-state index in [-0.39, 0.29) is 0 Å². The van der Waals surface area contributed by atoms with Crippen LogP contribution in [0.3, 0.4) is 0 Å². The molecule has 0 amide bonds. The minimum atomic E-state index is 0.911. The van der Waals surface area contributed by atoms with Gasteiger partial charge in [0.2, 0.25) is 0 Å². The molecule has 1 nitrogen and oxygen atoms in total. The first-order valence-corrected chi connectivity index (χ1v) is 5.45. The van der Waals surface area contributed by atoms with Gasteiger partial charge in [-0.05, 0) is 25.9 Å². The first-order chi connectivity index (χ1) is 5.81. The predicted octanol–water partition coefficient (Wildman–Crippen LogP) is 3.20. The summed E-state index contributed by atoms with van der Waals surface area (Å²) in [5.41, 5.74) is 0. The van der Waals surface area contributed by atoms with E-state index in [1.165, 1.54) is 45.1 Å². The van der Waals surface area contributed by atoms with Crippen molar-refractivity contribution in [1.82, 2.24) is 5.32 Å². The Labute approximate surface area is 77.9 Å². The van der Waals surface area contributed by atoms with E-state index < -0.39 is 0 Å². The van der Waals surface area contributed by atoms with E-state index in [0.717, 1.165) is 5.92 Å². The number of unbranched alkanes of at least 4 members (excludes halogenated alkanes) is 3. The molecule has 0 unspecified atom stereocenters. The van der Waals surface area contributed by atoms with E-state index in [1.807, 2.05) is 7.05 Å². The van der Waals surface area contributed by atoms with Gasteiger partial charge in [-0.3, -0.25) is 0 Å². The van der Waals surface area contributed by atoms with Crippen molar-refractivity contribution < 1.29 is 0 Å². The van der Waals surface area contributed by atoms with Crippen molar-refractivity contribution >= 4 is 0 Å². The van der Waals surface area contributed by atoms with Crippen LogP contribution in [-0.2, 0) is 0 Å². The topological polar surface area (TPSA) is 12.0 Å². The molecule has 0 aliphatic rings. The van der Waals surface area contributed by atoms with Gasteiger partial charge < -0.3 is 5.32 Å². The second-order valence-electron chi connectivity index (χ2n) is 3.85. The summed E-state index contributed by atoms with van der Waals surface area (Å²) in [5, 5.41) is 3.20. The maximum absolute atomic E-state index is 3.20. The summed E-state index contributed by atoms with van der Waals surface area (Å²) >= 11 is 0. The van der Waals surface area contributed by atoms with Crippen LogP contribution in [0.5, 0.6) is 0 Å². The maximum atomic E-state index is 3.20. The molecule has 1 heteroatoms. The van der Waals surface area contributed by atoms with Crippen molar-refractivity contribution in [2.24, 2.45) is 5.92 Å². The first kappa shape index (κ1) is 12.0. The zero-order valence-electron chi connectivity index (χ0n) is 9.03. The Morgan fingerprint density at radius 3 is 2.42 bits per heavy atom. The molecule has 0 radical (unpaired) electrons. The van der Waals surface area contributed by atoms with Gasteiger partial charge in [0, 0.05) is 0 Å². The molecule has 0 fully saturated rings. The molecule has 0 bridgehead atoms. The lowest BCUT2D eigenvalue weighted by Crippen LogP contribution is -2.11. The molecular formula is C11H25N. The Bertz CT molecular complexity index is 81.1. The van der Waals surface area contributed by atoms with Gasteiger partial charge in [-0.15, -0.1) is 0 Å². The second-order valence-corrected chi connectivity index (χ2v) is 3.85. The van der Waals surface area contributed by atoms with Gasteiger partial charge in [-0.25, -0.2) is 0 Å². The van der Waals surface area contributed by atoms with Crippen LogP contribution in [0.1, 0.15) is 52.4 Å². The van der Waals surface area contributed by atoms with Crippen molar-refractivity contribution in [3.05, 3.63) is 0 Å². The molecule has 0 spiro atoms. The Balaban J connectivity index is 3.02. The third kappa shape index (κ3) is 8.06. The van der Waals surface area contributed by atoms with Crippen molar-refractivity contribution in [2.45, 2.75) is 52.4 Å². The predicted molar refractivity (Wildman–Crippen MR) is 56.5 cm³/mol. The monoisotopic (exact) mass is 171 g/mol.